The molecule has 1 aromatic rings. The summed E-state index contributed by atoms with van der Waals surface area (Å²) in [5.74, 6) is -0.438. The molecule has 0 atom stereocenters. The van der Waals surface area contributed by atoms with Crippen molar-refractivity contribution in [2.75, 3.05) is 11.9 Å². The van der Waals surface area contributed by atoms with Gasteiger partial charge < -0.3 is 15.2 Å². The number of benzene rings is 1. The minimum atomic E-state index is -0.888. The number of carbonyl (C=O) groups excluding carboxylic acids is 1. The number of carboxylic acids is 1. The van der Waals surface area contributed by atoms with E-state index in [0.29, 0.717) is 24.5 Å². The number of anilines is 1. The van der Waals surface area contributed by atoms with Crippen LogP contribution in [0.2, 0.25) is 0 Å². The van der Waals surface area contributed by atoms with Crippen molar-refractivity contribution in [1.29, 1.82) is 0 Å². The average Bonchev–Trinajstić information content (AvgIpc) is 2.40. The normalized spacial score (nSPS) is 10.1. The summed E-state index contributed by atoms with van der Waals surface area (Å²) in [6.45, 7) is 2.70. The predicted octanol–water partition coefficient (Wildman–Crippen LogP) is 3.06. The lowest BCUT2D eigenvalue weighted by atomic mass is 10.2. The number of hydrogen-bond acceptors (Lipinski definition) is 3. The first-order chi connectivity index (χ1) is 9.63. The van der Waals surface area contributed by atoms with Gasteiger partial charge in [-0.2, -0.15) is 0 Å². The van der Waals surface area contributed by atoms with Crippen molar-refractivity contribution < 1.29 is 19.4 Å². The van der Waals surface area contributed by atoms with Crippen LogP contribution in [0.4, 0.5) is 5.69 Å². The molecule has 0 aliphatic carbocycles. The number of ether oxygens (including phenoxy) is 1. The molecule has 0 aliphatic heterocycles. The molecule has 0 saturated carbocycles. The molecule has 5 heteroatoms. The highest BCUT2D eigenvalue weighted by Crippen LogP contribution is 2.24. The zero-order valence-electron chi connectivity index (χ0n) is 11.7. The molecule has 0 unspecified atom stereocenters. The van der Waals surface area contributed by atoms with Crippen molar-refractivity contribution in [2.24, 2.45) is 0 Å². The summed E-state index contributed by atoms with van der Waals surface area (Å²) in [6, 6.07) is 7.25. The molecule has 0 saturated heterocycles. The number of unbranched alkanes of at least 4 members (excludes halogenated alkanes) is 1. The van der Waals surface area contributed by atoms with Gasteiger partial charge in [0.25, 0.3) is 0 Å². The number of carbonyl (C=O) groups is 2. The number of aliphatic carboxylic acids is 1. The van der Waals surface area contributed by atoms with E-state index in [4.69, 9.17) is 9.84 Å². The van der Waals surface area contributed by atoms with Crippen molar-refractivity contribution in [2.45, 2.75) is 39.0 Å². The molecule has 2 N–H and O–H groups in total. The highest BCUT2D eigenvalue weighted by atomic mass is 16.5. The first-order valence-electron chi connectivity index (χ1n) is 6.87. The Morgan fingerprint density at radius 1 is 1.20 bits per heavy atom. The molecule has 1 amide bonds. The maximum absolute atomic E-state index is 11.7. The molecule has 0 fully saturated rings. The van der Waals surface area contributed by atoms with Gasteiger partial charge in [-0.15, -0.1) is 0 Å². The van der Waals surface area contributed by atoms with Crippen molar-refractivity contribution in [1.82, 2.24) is 0 Å². The number of carboxylic acid groups (broad SMARTS) is 1. The van der Waals surface area contributed by atoms with Gasteiger partial charge in [-0.1, -0.05) is 25.5 Å². The third-order valence-corrected chi connectivity index (χ3v) is 2.71. The molecule has 1 aromatic carbocycles. The average molecular weight is 279 g/mol. The second kappa shape index (κ2) is 8.96. The van der Waals surface area contributed by atoms with Gasteiger partial charge in [-0.25, -0.2) is 0 Å². The third kappa shape index (κ3) is 6.22. The summed E-state index contributed by atoms with van der Waals surface area (Å²) in [5, 5.41) is 11.3. The van der Waals surface area contributed by atoms with E-state index < -0.39 is 5.97 Å². The van der Waals surface area contributed by atoms with E-state index in [1.165, 1.54) is 0 Å². The smallest absolute Gasteiger partial charge is 0.303 e. The van der Waals surface area contributed by atoms with Crippen molar-refractivity contribution in [3.8, 4) is 5.75 Å². The van der Waals surface area contributed by atoms with Crippen molar-refractivity contribution >= 4 is 17.6 Å². The summed E-state index contributed by atoms with van der Waals surface area (Å²) in [6.07, 6.45) is 2.53. The van der Waals surface area contributed by atoms with Gasteiger partial charge in [0.05, 0.1) is 12.3 Å². The fourth-order valence-electron chi connectivity index (χ4n) is 1.64. The Morgan fingerprint density at radius 2 is 1.95 bits per heavy atom. The zero-order chi connectivity index (χ0) is 14.8. The molecule has 0 radical (unpaired) electrons. The van der Waals surface area contributed by atoms with Crippen LogP contribution in [-0.2, 0) is 9.59 Å². The maximum atomic E-state index is 11.7. The molecule has 0 aromatic heterocycles. The number of amides is 1. The zero-order valence-corrected chi connectivity index (χ0v) is 11.7. The molecule has 0 bridgehead atoms. The SMILES string of the molecule is CCCCOc1ccccc1NC(=O)CCCC(=O)O. The first kappa shape index (κ1) is 16.0. The maximum Gasteiger partial charge on any atom is 0.303 e. The van der Waals surface area contributed by atoms with Crippen LogP contribution in [0.5, 0.6) is 5.75 Å². The van der Waals surface area contributed by atoms with Crippen LogP contribution >= 0.6 is 0 Å². The molecular weight excluding hydrogens is 258 g/mol. The molecule has 0 aliphatic rings. The molecule has 0 heterocycles. The van der Waals surface area contributed by atoms with Crippen LogP contribution in [-0.4, -0.2) is 23.6 Å². The van der Waals surface area contributed by atoms with E-state index in [-0.39, 0.29) is 18.7 Å². The first-order valence-corrected chi connectivity index (χ1v) is 6.87. The molecule has 0 spiro atoms. The Hall–Kier alpha value is -2.04. The van der Waals surface area contributed by atoms with Crippen LogP contribution in [0.1, 0.15) is 39.0 Å². The van der Waals surface area contributed by atoms with Crippen LogP contribution in [0.25, 0.3) is 0 Å². The van der Waals surface area contributed by atoms with Gasteiger partial charge in [0.1, 0.15) is 5.75 Å². The van der Waals surface area contributed by atoms with Gasteiger partial charge in [0.15, 0.2) is 0 Å². The highest BCUT2D eigenvalue weighted by Gasteiger charge is 2.08. The van der Waals surface area contributed by atoms with Crippen LogP contribution in [0.3, 0.4) is 0 Å². The highest BCUT2D eigenvalue weighted by molar-refractivity contribution is 5.92. The summed E-state index contributed by atoms with van der Waals surface area (Å²) >= 11 is 0. The number of hydrogen-bond donors (Lipinski definition) is 2. The lowest BCUT2D eigenvalue weighted by Crippen LogP contribution is -2.13. The quantitative estimate of drug-likeness (QED) is 0.681. The standard InChI is InChI=1S/C15H21NO4/c1-2-3-11-20-13-8-5-4-7-12(13)16-14(17)9-6-10-15(18)19/h4-5,7-8H,2-3,6,9-11H2,1H3,(H,16,17)(H,18,19). The second-order valence-electron chi connectivity index (χ2n) is 4.49. The number of rotatable bonds is 9. The van der Waals surface area contributed by atoms with Gasteiger partial charge in [-0.05, 0) is 25.0 Å². The van der Waals surface area contributed by atoms with E-state index >= 15 is 0 Å². The van der Waals surface area contributed by atoms with Gasteiger partial charge in [-0.3, -0.25) is 9.59 Å². The lowest BCUT2D eigenvalue weighted by molar-refractivity contribution is -0.137. The monoisotopic (exact) mass is 279 g/mol. The van der Waals surface area contributed by atoms with Crippen LogP contribution in [0.15, 0.2) is 24.3 Å². The minimum absolute atomic E-state index is 0.00205. The van der Waals surface area contributed by atoms with Gasteiger partial charge >= 0.3 is 5.97 Å². The topological polar surface area (TPSA) is 75.6 Å². The van der Waals surface area contributed by atoms with Crippen LogP contribution < -0.4 is 10.1 Å². The fraction of sp³-hybridized carbons (Fsp3) is 0.467. The Labute approximate surface area is 118 Å². The van der Waals surface area contributed by atoms with E-state index in [9.17, 15) is 9.59 Å². The van der Waals surface area contributed by atoms with E-state index in [1.54, 1.807) is 6.07 Å². The Bertz CT molecular complexity index is 445. The summed E-state index contributed by atoms with van der Waals surface area (Å²) < 4.78 is 5.61. The Kier molecular flexibility index (Phi) is 7.17. The van der Waals surface area contributed by atoms with E-state index in [0.717, 1.165) is 12.8 Å². The fourth-order valence-corrected chi connectivity index (χ4v) is 1.64. The van der Waals surface area contributed by atoms with Gasteiger partial charge in [0, 0.05) is 12.8 Å². The van der Waals surface area contributed by atoms with E-state index in [2.05, 4.69) is 12.2 Å². The third-order valence-electron chi connectivity index (χ3n) is 2.71. The minimum Gasteiger partial charge on any atom is -0.491 e. The van der Waals surface area contributed by atoms with Crippen LogP contribution in [0, 0.1) is 0 Å². The van der Waals surface area contributed by atoms with Gasteiger partial charge in [0.2, 0.25) is 5.91 Å². The number of nitrogens with one attached hydrogen (secondary N) is 1. The largest absolute Gasteiger partial charge is 0.491 e. The summed E-state index contributed by atoms with van der Waals surface area (Å²) in [4.78, 5) is 22.1. The molecule has 1 rings (SSSR count). The molecular formula is C15H21NO4. The van der Waals surface area contributed by atoms with Crippen molar-refractivity contribution in [3.63, 3.8) is 0 Å². The molecule has 5 nitrogen and oxygen atoms in total. The molecule has 20 heavy (non-hydrogen) atoms. The Balaban J connectivity index is 2.49. The molecule has 110 valence electrons. The number of para-hydroxylation sites is 2. The summed E-state index contributed by atoms with van der Waals surface area (Å²) in [5.41, 5.74) is 0.629. The predicted molar refractivity (Wildman–Crippen MR) is 77.0 cm³/mol. The van der Waals surface area contributed by atoms with E-state index in [1.807, 2.05) is 18.2 Å². The van der Waals surface area contributed by atoms with Crippen molar-refractivity contribution in [3.05, 3.63) is 24.3 Å². The summed E-state index contributed by atoms with van der Waals surface area (Å²) in [7, 11) is 0. The Morgan fingerprint density at radius 3 is 2.65 bits per heavy atom. The lowest BCUT2D eigenvalue weighted by Gasteiger charge is -2.12. The second-order valence-corrected chi connectivity index (χ2v) is 4.49.